The van der Waals surface area contributed by atoms with Crippen LogP contribution in [0.3, 0.4) is 0 Å². The zero-order valence-electron chi connectivity index (χ0n) is 8.70. The van der Waals surface area contributed by atoms with Crippen LogP contribution in [0.15, 0.2) is 0 Å². The summed E-state index contributed by atoms with van der Waals surface area (Å²) in [6.45, 7) is 1.80. The van der Waals surface area contributed by atoms with Crippen LogP contribution in [-0.2, 0) is 4.74 Å². The summed E-state index contributed by atoms with van der Waals surface area (Å²) in [7, 11) is 4.10. The van der Waals surface area contributed by atoms with E-state index in [1.54, 1.807) is 0 Å². The highest BCUT2D eigenvalue weighted by Gasteiger charge is 2.19. The largest absolute Gasteiger partial charge is 0.393 e. The molecular weight excluding hydrogens is 166 g/mol. The number of rotatable bonds is 4. The van der Waals surface area contributed by atoms with Crippen LogP contribution in [0.2, 0.25) is 0 Å². The number of nitrogens with zero attached hydrogens (tertiary/aromatic N) is 1. The molecule has 0 bridgehead atoms. The van der Waals surface area contributed by atoms with E-state index in [4.69, 9.17) is 4.74 Å². The second-order valence-electron chi connectivity index (χ2n) is 4.10. The minimum atomic E-state index is -0.0753. The standard InChI is InChI=1S/C10H21NO2/c1-11(2)7-8-13-10-5-3-9(12)4-6-10/h9-10,12H,3-8H2,1-2H3. The van der Waals surface area contributed by atoms with Gasteiger partial charge in [-0.15, -0.1) is 0 Å². The summed E-state index contributed by atoms with van der Waals surface area (Å²) in [5.41, 5.74) is 0. The van der Waals surface area contributed by atoms with Crippen molar-refractivity contribution in [3.05, 3.63) is 0 Å². The summed E-state index contributed by atoms with van der Waals surface area (Å²) in [6.07, 6.45) is 4.18. The number of likely N-dealkylation sites (N-methyl/N-ethyl adjacent to an activating group) is 1. The van der Waals surface area contributed by atoms with Crippen molar-refractivity contribution >= 4 is 0 Å². The molecule has 1 fully saturated rings. The Labute approximate surface area is 80.7 Å². The average molecular weight is 187 g/mol. The molecular formula is C10H21NO2. The average Bonchev–Trinajstić information content (AvgIpc) is 2.08. The molecule has 0 amide bonds. The van der Waals surface area contributed by atoms with Crippen LogP contribution in [0.5, 0.6) is 0 Å². The smallest absolute Gasteiger partial charge is 0.0596 e. The Morgan fingerprint density at radius 1 is 1.23 bits per heavy atom. The van der Waals surface area contributed by atoms with Gasteiger partial charge in [0.2, 0.25) is 0 Å². The van der Waals surface area contributed by atoms with E-state index in [-0.39, 0.29) is 6.10 Å². The van der Waals surface area contributed by atoms with Gasteiger partial charge in [-0.05, 0) is 39.8 Å². The quantitative estimate of drug-likeness (QED) is 0.709. The first kappa shape index (κ1) is 11.0. The molecule has 1 saturated carbocycles. The van der Waals surface area contributed by atoms with Crippen molar-refractivity contribution in [2.45, 2.75) is 37.9 Å². The van der Waals surface area contributed by atoms with Crippen molar-refractivity contribution in [3.63, 3.8) is 0 Å². The summed E-state index contributed by atoms with van der Waals surface area (Å²) >= 11 is 0. The fraction of sp³-hybridized carbons (Fsp3) is 1.00. The van der Waals surface area contributed by atoms with Gasteiger partial charge in [0.25, 0.3) is 0 Å². The van der Waals surface area contributed by atoms with Gasteiger partial charge < -0.3 is 14.7 Å². The maximum atomic E-state index is 9.28. The van der Waals surface area contributed by atoms with E-state index >= 15 is 0 Å². The van der Waals surface area contributed by atoms with E-state index in [0.717, 1.165) is 38.8 Å². The number of ether oxygens (including phenoxy) is 1. The summed E-state index contributed by atoms with van der Waals surface area (Å²) < 4.78 is 5.69. The lowest BCUT2D eigenvalue weighted by Crippen LogP contribution is -2.27. The van der Waals surface area contributed by atoms with Crippen LogP contribution in [-0.4, -0.2) is 49.5 Å². The van der Waals surface area contributed by atoms with Gasteiger partial charge in [0.05, 0.1) is 18.8 Å². The van der Waals surface area contributed by atoms with Crippen molar-refractivity contribution in [2.75, 3.05) is 27.2 Å². The predicted octanol–water partition coefficient (Wildman–Crippen LogP) is 0.868. The Morgan fingerprint density at radius 3 is 2.38 bits per heavy atom. The van der Waals surface area contributed by atoms with Gasteiger partial charge in [0.1, 0.15) is 0 Å². The van der Waals surface area contributed by atoms with Crippen LogP contribution in [0.4, 0.5) is 0 Å². The molecule has 0 aromatic carbocycles. The molecule has 0 saturated heterocycles. The monoisotopic (exact) mass is 187 g/mol. The summed E-state index contributed by atoms with van der Waals surface area (Å²) in [5.74, 6) is 0. The highest BCUT2D eigenvalue weighted by molar-refractivity contribution is 4.71. The van der Waals surface area contributed by atoms with E-state index in [1.165, 1.54) is 0 Å². The van der Waals surface area contributed by atoms with E-state index in [9.17, 15) is 5.11 Å². The lowest BCUT2D eigenvalue weighted by molar-refractivity contribution is -0.00737. The zero-order chi connectivity index (χ0) is 9.68. The van der Waals surface area contributed by atoms with Gasteiger partial charge >= 0.3 is 0 Å². The molecule has 0 radical (unpaired) electrons. The first-order valence-electron chi connectivity index (χ1n) is 5.13. The molecule has 1 N–H and O–H groups in total. The SMILES string of the molecule is CN(C)CCOC1CCC(O)CC1. The molecule has 13 heavy (non-hydrogen) atoms. The lowest BCUT2D eigenvalue weighted by atomic mass is 9.95. The molecule has 3 heteroatoms. The first-order chi connectivity index (χ1) is 6.18. The minimum Gasteiger partial charge on any atom is -0.393 e. The molecule has 1 rings (SSSR count). The Kier molecular flexibility index (Phi) is 4.70. The third-order valence-electron chi connectivity index (χ3n) is 2.54. The molecule has 3 nitrogen and oxygen atoms in total. The van der Waals surface area contributed by atoms with Crippen molar-refractivity contribution in [3.8, 4) is 0 Å². The van der Waals surface area contributed by atoms with Crippen LogP contribution < -0.4 is 0 Å². The van der Waals surface area contributed by atoms with Crippen LogP contribution >= 0.6 is 0 Å². The highest BCUT2D eigenvalue weighted by Crippen LogP contribution is 2.20. The van der Waals surface area contributed by atoms with Gasteiger partial charge in [-0.2, -0.15) is 0 Å². The minimum absolute atomic E-state index is 0.0753. The van der Waals surface area contributed by atoms with Crippen LogP contribution in [0.1, 0.15) is 25.7 Å². The van der Waals surface area contributed by atoms with E-state index in [2.05, 4.69) is 4.90 Å². The fourth-order valence-corrected chi connectivity index (χ4v) is 1.61. The summed E-state index contributed by atoms with van der Waals surface area (Å²) in [6, 6.07) is 0. The van der Waals surface area contributed by atoms with Gasteiger partial charge in [0, 0.05) is 6.54 Å². The summed E-state index contributed by atoms with van der Waals surface area (Å²) in [5, 5.41) is 9.28. The Balaban J connectivity index is 2.02. The summed E-state index contributed by atoms with van der Waals surface area (Å²) in [4.78, 5) is 2.12. The number of aliphatic hydroxyl groups is 1. The molecule has 0 aromatic rings. The molecule has 78 valence electrons. The topological polar surface area (TPSA) is 32.7 Å². The van der Waals surface area contributed by atoms with Crippen molar-refractivity contribution in [1.82, 2.24) is 4.90 Å². The molecule has 0 spiro atoms. The van der Waals surface area contributed by atoms with Gasteiger partial charge in [-0.1, -0.05) is 0 Å². The third-order valence-corrected chi connectivity index (χ3v) is 2.54. The highest BCUT2D eigenvalue weighted by atomic mass is 16.5. The fourth-order valence-electron chi connectivity index (χ4n) is 1.61. The van der Waals surface area contributed by atoms with Gasteiger partial charge in [0.15, 0.2) is 0 Å². The Bertz CT molecular complexity index is 131. The van der Waals surface area contributed by atoms with Gasteiger partial charge in [-0.3, -0.25) is 0 Å². The number of hydrogen-bond acceptors (Lipinski definition) is 3. The van der Waals surface area contributed by atoms with Crippen molar-refractivity contribution < 1.29 is 9.84 Å². The molecule has 0 unspecified atom stereocenters. The second-order valence-corrected chi connectivity index (χ2v) is 4.10. The van der Waals surface area contributed by atoms with Crippen LogP contribution in [0, 0.1) is 0 Å². The number of hydrogen-bond donors (Lipinski definition) is 1. The first-order valence-corrected chi connectivity index (χ1v) is 5.13. The Morgan fingerprint density at radius 2 is 1.85 bits per heavy atom. The normalized spacial score (nSPS) is 29.5. The molecule has 1 aliphatic rings. The molecule has 0 heterocycles. The maximum absolute atomic E-state index is 9.28. The zero-order valence-corrected chi connectivity index (χ0v) is 8.70. The van der Waals surface area contributed by atoms with E-state index < -0.39 is 0 Å². The molecule has 1 aliphatic carbocycles. The van der Waals surface area contributed by atoms with Crippen molar-refractivity contribution in [1.29, 1.82) is 0 Å². The maximum Gasteiger partial charge on any atom is 0.0596 e. The molecule has 0 atom stereocenters. The molecule has 0 aliphatic heterocycles. The Hall–Kier alpha value is -0.120. The molecule has 0 aromatic heterocycles. The second kappa shape index (κ2) is 5.58. The predicted molar refractivity (Wildman–Crippen MR) is 52.8 cm³/mol. The van der Waals surface area contributed by atoms with E-state index in [1.807, 2.05) is 14.1 Å². The number of aliphatic hydroxyl groups excluding tert-OH is 1. The van der Waals surface area contributed by atoms with Gasteiger partial charge in [-0.25, -0.2) is 0 Å². The van der Waals surface area contributed by atoms with Crippen LogP contribution in [0.25, 0.3) is 0 Å². The third kappa shape index (κ3) is 4.60. The van der Waals surface area contributed by atoms with Crippen molar-refractivity contribution in [2.24, 2.45) is 0 Å². The van der Waals surface area contributed by atoms with E-state index in [0.29, 0.717) is 6.10 Å². The lowest BCUT2D eigenvalue weighted by Gasteiger charge is -2.26.